The Bertz CT molecular complexity index is 587. The summed E-state index contributed by atoms with van der Waals surface area (Å²) in [5.74, 6) is 0.968. The summed E-state index contributed by atoms with van der Waals surface area (Å²) in [4.78, 5) is 12.2. The molecule has 1 aromatic rings. The van der Waals surface area contributed by atoms with Crippen LogP contribution in [0.15, 0.2) is 21.5 Å². The third-order valence-corrected chi connectivity index (χ3v) is 4.02. The zero-order valence-electron chi connectivity index (χ0n) is 10.2. The van der Waals surface area contributed by atoms with Gasteiger partial charge in [0.15, 0.2) is 11.5 Å². The maximum Gasteiger partial charge on any atom is 0.263 e. The van der Waals surface area contributed by atoms with Crippen molar-refractivity contribution < 1.29 is 14.3 Å². The maximum absolute atomic E-state index is 11.7. The van der Waals surface area contributed by atoms with Crippen LogP contribution in [0.2, 0.25) is 0 Å². The number of hydrogen-bond acceptors (Lipinski definition) is 5. The number of thioether (sulfide) groups is 1. The fourth-order valence-corrected chi connectivity index (χ4v) is 3.12. The molecular weight excluding hydrogens is 350 g/mol. The number of carbonyl (C=O) groups is 1. The molecule has 1 saturated heterocycles. The van der Waals surface area contributed by atoms with Gasteiger partial charge in [0, 0.05) is 10.0 Å². The van der Waals surface area contributed by atoms with Gasteiger partial charge in [0.1, 0.15) is 4.32 Å². The molecule has 0 radical (unpaired) electrons. The van der Waals surface area contributed by atoms with Gasteiger partial charge in [0.05, 0.1) is 19.1 Å². The Hall–Kier alpha value is -1.05. The Labute approximate surface area is 128 Å². The van der Waals surface area contributed by atoms with Crippen molar-refractivity contribution in [3.63, 3.8) is 0 Å². The van der Waals surface area contributed by atoms with Gasteiger partial charge >= 0.3 is 0 Å². The highest BCUT2D eigenvalue weighted by atomic mass is 79.9. The number of amides is 1. The third-order valence-electron chi connectivity index (χ3n) is 2.40. The highest BCUT2D eigenvalue weighted by Gasteiger charge is 2.23. The summed E-state index contributed by atoms with van der Waals surface area (Å²) in [7, 11) is 3.12. The lowest BCUT2D eigenvalue weighted by molar-refractivity contribution is -0.115. The number of thiocarbonyl (C=S) groups is 1. The lowest BCUT2D eigenvalue weighted by atomic mass is 10.1. The molecule has 1 aromatic carbocycles. The van der Waals surface area contributed by atoms with Gasteiger partial charge in [0.2, 0.25) is 0 Å². The van der Waals surface area contributed by atoms with Crippen LogP contribution in [0.25, 0.3) is 6.08 Å². The van der Waals surface area contributed by atoms with Gasteiger partial charge in [-0.2, -0.15) is 0 Å². The van der Waals surface area contributed by atoms with Crippen LogP contribution in [-0.4, -0.2) is 24.4 Å². The van der Waals surface area contributed by atoms with E-state index in [-0.39, 0.29) is 5.91 Å². The number of ether oxygens (including phenoxy) is 2. The normalized spacial score (nSPS) is 16.7. The average molecular weight is 360 g/mol. The monoisotopic (exact) mass is 359 g/mol. The van der Waals surface area contributed by atoms with Crippen LogP contribution >= 0.6 is 39.9 Å². The largest absolute Gasteiger partial charge is 0.493 e. The number of hydrogen-bond donors (Lipinski definition) is 1. The Morgan fingerprint density at radius 3 is 2.63 bits per heavy atom. The Morgan fingerprint density at radius 2 is 2.11 bits per heavy atom. The van der Waals surface area contributed by atoms with Crippen molar-refractivity contribution in [1.82, 2.24) is 5.32 Å². The van der Waals surface area contributed by atoms with Crippen LogP contribution in [0.3, 0.4) is 0 Å². The second kappa shape index (κ2) is 5.94. The minimum absolute atomic E-state index is 0.198. The Kier molecular flexibility index (Phi) is 4.49. The number of rotatable bonds is 3. The lowest BCUT2D eigenvalue weighted by Crippen LogP contribution is -2.17. The van der Waals surface area contributed by atoms with Gasteiger partial charge in [-0.1, -0.05) is 39.9 Å². The van der Waals surface area contributed by atoms with E-state index in [1.807, 2.05) is 6.07 Å². The molecule has 19 heavy (non-hydrogen) atoms. The highest BCUT2D eigenvalue weighted by molar-refractivity contribution is 9.10. The van der Waals surface area contributed by atoms with Gasteiger partial charge < -0.3 is 14.8 Å². The van der Waals surface area contributed by atoms with E-state index < -0.39 is 0 Å². The predicted molar refractivity (Wildman–Crippen MR) is 83.6 cm³/mol. The fraction of sp³-hybridized carbons (Fsp3) is 0.167. The number of halogens is 1. The van der Waals surface area contributed by atoms with E-state index in [2.05, 4.69) is 21.2 Å². The highest BCUT2D eigenvalue weighted by Crippen LogP contribution is 2.37. The van der Waals surface area contributed by atoms with Crippen molar-refractivity contribution in [2.75, 3.05) is 14.2 Å². The second-order valence-corrected chi connectivity index (χ2v) is 6.22. The number of benzene rings is 1. The van der Waals surface area contributed by atoms with Gasteiger partial charge in [-0.05, 0) is 18.2 Å². The van der Waals surface area contributed by atoms with Gasteiger partial charge in [-0.15, -0.1) is 0 Å². The van der Waals surface area contributed by atoms with Crippen molar-refractivity contribution in [1.29, 1.82) is 0 Å². The Morgan fingerprint density at radius 1 is 1.37 bits per heavy atom. The van der Waals surface area contributed by atoms with Crippen molar-refractivity contribution in [2.24, 2.45) is 0 Å². The summed E-state index contributed by atoms with van der Waals surface area (Å²) in [6.07, 6.45) is 1.73. The molecule has 2 rings (SSSR count). The minimum atomic E-state index is -0.198. The first kappa shape index (κ1) is 14.4. The van der Waals surface area contributed by atoms with Crippen molar-refractivity contribution in [3.05, 3.63) is 27.1 Å². The van der Waals surface area contributed by atoms with Crippen LogP contribution in [0.1, 0.15) is 5.56 Å². The molecular formula is C12H10BrNO3S2. The summed E-state index contributed by atoms with van der Waals surface area (Å²) < 4.78 is 11.9. The van der Waals surface area contributed by atoms with E-state index in [1.54, 1.807) is 26.4 Å². The van der Waals surface area contributed by atoms with E-state index in [4.69, 9.17) is 21.7 Å². The zero-order chi connectivity index (χ0) is 14.0. The quantitative estimate of drug-likeness (QED) is 0.664. The molecule has 0 unspecified atom stereocenters. The first-order valence-corrected chi connectivity index (χ1v) is 7.23. The number of nitrogens with one attached hydrogen (secondary N) is 1. The minimum Gasteiger partial charge on any atom is -0.493 e. The average Bonchev–Trinajstić information content (AvgIpc) is 2.67. The molecule has 1 aliphatic heterocycles. The molecule has 0 atom stereocenters. The van der Waals surface area contributed by atoms with E-state index in [1.165, 1.54) is 11.8 Å². The summed E-state index contributed by atoms with van der Waals surface area (Å²) in [6, 6.07) is 3.65. The van der Waals surface area contributed by atoms with Crippen molar-refractivity contribution in [2.45, 2.75) is 0 Å². The molecule has 0 aliphatic carbocycles. The van der Waals surface area contributed by atoms with Crippen LogP contribution in [0.4, 0.5) is 0 Å². The van der Waals surface area contributed by atoms with E-state index in [9.17, 15) is 4.79 Å². The van der Waals surface area contributed by atoms with Gasteiger partial charge in [-0.3, -0.25) is 4.79 Å². The molecule has 1 amide bonds. The first-order valence-electron chi connectivity index (χ1n) is 5.21. The molecule has 7 heteroatoms. The Balaban J connectivity index is 2.50. The van der Waals surface area contributed by atoms with E-state index in [0.29, 0.717) is 20.7 Å². The van der Waals surface area contributed by atoms with Crippen LogP contribution in [0.5, 0.6) is 11.5 Å². The lowest BCUT2D eigenvalue weighted by Gasteiger charge is -2.11. The molecule has 100 valence electrons. The molecule has 4 nitrogen and oxygen atoms in total. The molecule has 1 N–H and O–H groups in total. The predicted octanol–water partition coefficient (Wildman–Crippen LogP) is 2.96. The second-order valence-electron chi connectivity index (χ2n) is 3.58. The first-order chi connectivity index (χ1) is 9.05. The summed E-state index contributed by atoms with van der Waals surface area (Å²) in [5, 5.41) is 2.57. The van der Waals surface area contributed by atoms with E-state index >= 15 is 0 Å². The van der Waals surface area contributed by atoms with Crippen molar-refractivity contribution >= 4 is 56.2 Å². The zero-order valence-corrected chi connectivity index (χ0v) is 13.4. The van der Waals surface area contributed by atoms with Gasteiger partial charge in [-0.25, -0.2) is 0 Å². The van der Waals surface area contributed by atoms with Gasteiger partial charge in [0.25, 0.3) is 5.91 Å². The molecule has 0 aromatic heterocycles. The molecule has 1 aliphatic rings. The van der Waals surface area contributed by atoms with Crippen LogP contribution < -0.4 is 14.8 Å². The molecule has 0 bridgehead atoms. The van der Waals surface area contributed by atoms with E-state index in [0.717, 1.165) is 10.0 Å². The maximum atomic E-state index is 11.7. The fourth-order valence-electron chi connectivity index (χ4n) is 1.63. The summed E-state index contributed by atoms with van der Waals surface area (Å²) in [5.41, 5.74) is 0.746. The third kappa shape index (κ3) is 3.10. The van der Waals surface area contributed by atoms with Crippen molar-refractivity contribution in [3.8, 4) is 11.5 Å². The standard InChI is InChI=1S/C12H10BrNO3S2/c1-16-8-5-7(13)3-6(10(8)17-2)4-9-11(15)14-12(18)19-9/h3-5H,1-2H3,(H,14,15,18). The topological polar surface area (TPSA) is 47.6 Å². The summed E-state index contributed by atoms with van der Waals surface area (Å²) in [6.45, 7) is 0. The molecule has 1 fully saturated rings. The molecule has 0 spiro atoms. The van der Waals surface area contributed by atoms with Crippen LogP contribution in [-0.2, 0) is 4.79 Å². The number of methoxy groups -OCH3 is 2. The summed E-state index contributed by atoms with van der Waals surface area (Å²) >= 11 is 9.57. The smallest absolute Gasteiger partial charge is 0.263 e. The molecule has 1 heterocycles. The number of carbonyl (C=O) groups excluding carboxylic acids is 1. The van der Waals surface area contributed by atoms with Crippen LogP contribution in [0, 0.1) is 0 Å². The molecule has 0 saturated carbocycles. The SMILES string of the molecule is COc1cc(Br)cc(C=C2SC(=S)NC2=O)c1OC.